The number of nitro benzene ring substituents is 1. The molecule has 0 amide bonds. The van der Waals surface area contributed by atoms with Gasteiger partial charge >= 0.3 is 0 Å². The number of unbranched alkanes of at least 4 members (excludes halogenated alkanes) is 1. The van der Waals surface area contributed by atoms with Crippen LogP contribution in [0.15, 0.2) is 24.3 Å². The van der Waals surface area contributed by atoms with Crippen molar-refractivity contribution in [2.75, 3.05) is 6.54 Å². The Morgan fingerprint density at radius 1 is 1.53 bits per heavy atom. The van der Waals surface area contributed by atoms with E-state index >= 15 is 0 Å². The Bertz CT molecular complexity index is 452. The van der Waals surface area contributed by atoms with E-state index in [9.17, 15) is 10.1 Å². The minimum Gasteiger partial charge on any atom is -0.310 e. The third-order valence-electron chi connectivity index (χ3n) is 2.95. The van der Waals surface area contributed by atoms with E-state index < -0.39 is 0 Å². The molecule has 0 saturated heterocycles. The lowest BCUT2D eigenvalue weighted by molar-refractivity contribution is -0.384. The summed E-state index contributed by atoms with van der Waals surface area (Å²) in [6, 6.07) is 6.99. The maximum absolute atomic E-state index is 10.8. The molecule has 0 fully saturated rings. The van der Waals surface area contributed by atoms with Gasteiger partial charge in [-0.05, 0) is 24.9 Å². The van der Waals surface area contributed by atoms with Crippen molar-refractivity contribution >= 4 is 5.69 Å². The molecule has 0 heterocycles. The van der Waals surface area contributed by atoms with Crippen LogP contribution in [0.4, 0.5) is 5.69 Å². The number of nitrogens with one attached hydrogen (secondary N) is 1. The molecule has 0 radical (unpaired) electrons. The Morgan fingerprint density at radius 3 is 2.95 bits per heavy atom. The number of nitro groups is 1. The van der Waals surface area contributed by atoms with E-state index in [0.29, 0.717) is 0 Å². The minimum absolute atomic E-state index is 0.143. The molecule has 102 valence electrons. The highest BCUT2D eigenvalue weighted by molar-refractivity contribution is 5.35. The normalized spacial score (nSPS) is 11.8. The van der Waals surface area contributed by atoms with Gasteiger partial charge in [0.25, 0.3) is 5.69 Å². The van der Waals surface area contributed by atoms with Gasteiger partial charge in [0, 0.05) is 24.6 Å². The van der Waals surface area contributed by atoms with Crippen molar-refractivity contribution in [3.8, 4) is 12.3 Å². The molecule has 4 heteroatoms. The van der Waals surface area contributed by atoms with Gasteiger partial charge in [-0.2, -0.15) is 0 Å². The highest BCUT2D eigenvalue weighted by Crippen LogP contribution is 2.22. The van der Waals surface area contributed by atoms with Crippen LogP contribution in [-0.4, -0.2) is 11.5 Å². The zero-order valence-corrected chi connectivity index (χ0v) is 11.3. The second-order valence-corrected chi connectivity index (χ2v) is 4.46. The summed E-state index contributed by atoms with van der Waals surface area (Å²) >= 11 is 0. The molecule has 1 atom stereocenters. The number of benzene rings is 1. The lowest BCUT2D eigenvalue weighted by atomic mass is 10.0. The average molecular weight is 260 g/mol. The molecule has 1 N–H and O–H groups in total. The SMILES string of the molecule is C#CCCCNC(CCC)c1cccc([N+](=O)[O-])c1. The summed E-state index contributed by atoms with van der Waals surface area (Å²) in [5, 5.41) is 14.2. The third kappa shape index (κ3) is 5.11. The standard InChI is InChI=1S/C15H20N2O2/c1-3-5-6-11-16-15(8-4-2)13-9-7-10-14(12-13)17(18)19/h1,7,9-10,12,15-16H,4-6,8,11H2,2H3. The summed E-state index contributed by atoms with van der Waals surface area (Å²) in [7, 11) is 0. The van der Waals surface area contributed by atoms with Crippen LogP contribution in [0.25, 0.3) is 0 Å². The summed E-state index contributed by atoms with van der Waals surface area (Å²) in [6.07, 6.45) is 8.87. The minimum atomic E-state index is -0.356. The van der Waals surface area contributed by atoms with Gasteiger partial charge in [-0.25, -0.2) is 0 Å². The van der Waals surface area contributed by atoms with E-state index in [0.717, 1.165) is 37.8 Å². The average Bonchev–Trinajstić information content (AvgIpc) is 2.42. The number of rotatable bonds is 8. The molecule has 0 saturated carbocycles. The van der Waals surface area contributed by atoms with Crippen molar-refractivity contribution in [3.05, 3.63) is 39.9 Å². The monoisotopic (exact) mass is 260 g/mol. The lowest BCUT2D eigenvalue weighted by Crippen LogP contribution is -2.22. The molecule has 0 bridgehead atoms. The van der Waals surface area contributed by atoms with E-state index in [1.165, 1.54) is 6.07 Å². The quantitative estimate of drug-likeness (QED) is 0.337. The van der Waals surface area contributed by atoms with Crippen LogP contribution in [0.5, 0.6) is 0 Å². The zero-order valence-electron chi connectivity index (χ0n) is 11.3. The fraction of sp³-hybridized carbons (Fsp3) is 0.467. The topological polar surface area (TPSA) is 55.2 Å². The highest BCUT2D eigenvalue weighted by atomic mass is 16.6. The van der Waals surface area contributed by atoms with Gasteiger partial charge in [-0.1, -0.05) is 25.5 Å². The molecular weight excluding hydrogens is 240 g/mol. The smallest absolute Gasteiger partial charge is 0.269 e. The Balaban J connectivity index is 2.72. The predicted octanol–water partition coefficient (Wildman–Crippen LogP) is 3.44. The first kappa shape index (κ1) is 15.2. The van der Waals surface area contributed by atoms with Crippen LogP contribution < -0.4 is 5.32 Å². The zero-order chi connectivity index (χ0) is 14.1. The molecular formula is C15H20N2O2. The van der Waals surface area contributed by atoms with Crippen molar-refractivity contribution in [1.82, 2.24) is 5.32 Å². The van der Waals surface area contributed by atoms with E-state index in [1.54, 1.807) is 12.1 Å². The van der Waals surface area contributed by atoms with Gasteiger partial charge < -0.3 is 5.32 Å². The van der Waals surface area contributed by atoms with Crippen LogP contribution in [0, 0.1) is 22.5 Å². The first-order valence-electron chi connectivity index (χ1n) is 6.60. The largest absolute Gasteiger partial charge is 0.310 e. The van der Waals surface area contributed by atoms with E-state index in [2.05, 4.69) is 18.2 Å². The number of hydrogen-bond acceptors (Lipinski definition) is 3. The highest BCUT2D eigenvalue weighted by Gasteiger charge is 2.13. The molecule has 19 heavy (non-hydrogen) atoms. The van der Waals surface area contributed by atoms with Crippen LogP contribution in [0.2, 0.25) is 0 Å². The molecule has 1 rings (SSSR count). The van der Waals surface area contributed by atoms with Gasteiger partial charge in [0.05, 0.1) is 4.92 Å². The molecule has 0 aliphatic rings. The fourth-order valence-corrected chi connectivity index (χ4v) is 2.00. The van der Waals surface area contributed by atoms with Crippen molar-refractivity contribution in [2.24, 2.45) is 0 Å². The first-order valence-corrected chi connectivity index (χ1v) is 6.60. The maximum atomic E-state index is 10.8. The molecule has 1 aromatic rings. The Labute approximate surface area is 114 Å². The lowest BCUT2D eigenvalue weighted by Gasteiger charge is -2.18. The van der Waals surface area contributed by atoms with Crippen LogP contribution in [0.1, 0.15) is 44.2 Å². The molecule has 0 aliphatic heterocycles. The van der Waals surface area contributed by atoms with Crippen LogP contribution >= 0.6 is 0 Å². The van der Waals surface area contributed by atoms with E-state index in [-0.39, 0.29) is 16.7 Å². The summed E-state index contributed by atoms with van der Waals surface area (Å²) in [5.74, 6) is 2.61. The fourth-order valence-electron chi connectivity index (χ4n) is 2.00. The molecule has 0 aliphatic carbocycles. The van der Waals surface area contributed by atoms with E-state index in [4.69, 9.17) is 6.42 Å². The third-order valence-corrected chi connectivity index (χ3v) is 2.95. The van der Waals surface area contributed by atoms with Gasteiger partial charge in [-0.3, -0.25) is 10.1 Å². The van der Waals surface area contributed by atoms with Crippen LogP contribution in [-0.2, 0) is 0 Å². The second-order valence-electron chi connectivity index (χ2n) is 4.46. The number of hydrogen-bond donors (Lipinski definition) is 1. The predicted molar refractivity (Wildman–Crippen MR) is 76.8 cm³/mol. The molecule has 0 spiro atoms. The molecule has 0 aromatic heterocycles. The van der Waals surface area contributed by atoms with E-state index in [1.807, 2.05) is 6.07 Å². The second kappa shape index (κ2) is 8.28. The first-order chi connectivity index (χ1) is 9.19. The van der Waals surface area contributed by atoms with Crippen LogP contribution in [0.3, 0.4) is 0 Å². The number of terminal acetylenes is 1. The maximum Gasteiger partial charge on any atom is 0.269 e. The van der Waals surface area contributed by atoms with Crippen molar-refractivity contribution < 1.29 is 4.92 Å². The summed E-state index contributed by atoms with van der Waals surface area (Å²) in [5.41, 5.74) is 1.11. The van der Waals surface area contributed by atoms with Crippen molar-refractivity contribution in [3.63, 3.8) is 0 Å². The van der Waals surface area contributed by atoms with Gasteiger partial charge in [-0.15, -0.1) is 12.3 Å². The summed E-state index contributed by atoms with van der Waals surface area (Å²) in [6.45, 7) is 2.94. The van der Waals surface area contributed by atoms with Gasteiger partial charge in [0.2, 0.25) is 0 Å². The number of non-ortho nitro benzene ring substituents is 1. The summed E-state index contributed by atoms with van der Waals surface area (Å²) < 4.78 is 0. The van der Waals surface area contributed by atoms with Crippen molar-refractivity contribution in [2.45, 2.75) is 38.6 Å². The molecule has 1 unspecified atom stereocenters. The summed E-state index contributed by atoms with van der Waals surface area (Å²) in [4.78, 5) is 10.4. The van der Waals surface area contributed by atoms with Gasteiger partial charge in [0.1, 0.15) is 0 Å². The molecule has 4 nitrogen and oxygen atoms in total. The number of nitrogens with zero attached hydrogens (tertiary/aromatic N) is 1. The van der Waals surface area contributed by atoms with Crippen molar-refractivity contribution in [1.29, 1.82) is 0 Å². The Morgan fingerprint density at radius 2 is 2.32 bits per heavy atom. The van der Waals surface area contributed by atoms with Gasteiger partial charge in [0.15, 0.2) is 0 Å². The molecule has 1 aromatic carbocycles. The Hall–Kier alpha value is -1.86. The Kier molecular flexibility index (Phi) is 6.62.